The number of ketones is 2. The molecule has 2 aliphatic carbocycles. The summed E-state index contributed by atoms with van der Waals surface area (Å²) < 4.78 is 10.3. The number of allylic oxidation sites excluding steroid dienone is 20. The molecule has 13 heteroatoms. The van der Waals surface area contributed by atoms with E-state index in [2.05, 4.69) is 0 Å². The summed E-state index contributed by atoms with van der Waals surface area (Å²) in [7, 11) is 0. The van der Waals surface area contributed by atoms with E-state index in [1.54, 1.807) is 13.8 Å². The Morgan fingerprint density at radius 2 is 1.13 bits per heavy atom. The SMILES string of the molecule is CC.CC1=C(/C=C/C(C)=C/C=C/C(C)=C/C=C/C=C(C)/C=C/C=C(C)/C=C/C2=C(C)C(=O)C(OC(=O)C(O)C(O)C(=O)O)CC2(C)C)C(C)CC(OC(=O)C(O)CC(=O)O)C1=O. The second-order valence-electron chi connectivity index (χ2n) is 15.7. The number of hydrogen-bond acceptors (Lipinski definition) is 11. The Labute approximate surface area is 365 Å². The molecule has 62 heavy (non-hydrogen) atoms. The number of esters is 2. The first kappa shape index (κ1) is 54.3. The zero-order valence-electron chi connectivity index (χ0n) is 37.7. The Morgan fingerprint density at radius 3 is 1.63 bits per heavy atom. The lowest BCUT2D eigenvalue weighted by atomic mass is 9.71. The third-order valence-electron chi connectivity index (χ3n) is 9.94. The molecule has 0 aromatic carbocycles. The number of hydrogen-bond donors (Lipinski definition) is 5. The van der Waals surface area contributed by atoms with Crippen molar-refractivity contribution >= 4 is 35.4 Å². The molecule has 6 atom stereocenters. The molecule has 13 nitrogen and oxygen atoms in total. The van der Waals surface area contributed by atoms with Crippen LogP contribution in [0.4, 0.5) is 0 Å². The highest BCUT2D eigenvalue weighted by molar-refractivity contribution is 6.02. The summed E-state index contributed by atoms with van der Waals surface area (Å²) in [5.74, 6) is -6.61. The topological polar surface area (TPSA) is 222 Å². The average molecular weight is 861 g/mol. The molecular weight excluding hydrogens is 797 g/mol. The first-order valence-electron chi connectivity index (χ1n) is 20.4. The number of carbonyl (C=O) groups is 6. The molecule has 0 amide bonds. The van der Waals surface area contributed by atoms with E-state index in [0.717, 1.165) is 33.4 Å². The van der Waals surface area contributed by atoms with Crippen molar-refractivity contribution < 1.29 is 63.8 Å². The lowest BCUT2D eigenvalue weighted by Crippen LogP contribution is -2.45. The molecule has 0 aliphatic heterocycles. The van der Waals surface area contributed by atoms with Gasteiger partial charge in [0.15, 0.2) is 42.1 Å². The molecule has 0 fully saturated rings. The lowest BCUT2D eigenvalue weighted by molar-refractivity contribution is -0.175. The van der Waals surface area contributed by atoms with Crippen LogP contribution in [0.2, 0.25) is 0 Å². The summed E-state index contributed by atoms with van der Waals surface area (Å²) in [4.78, 5) is 71.8. The number of rotatable bonds is 18. The van der Waals surface area contributed by atoms with E-state index in [4.69, 9.17) is 19.7 Å². The first-order chi connectivity index (χ1) is 29.0. The first-order valence-corrected chi connectivity index (χ1v) is 20.4. The highest BCUT2D eigenvalue weighted by atomic mass is 16.6. The zero-order chi connectivity index (χ0) is 47.5. The van der Waals surface area contributed by atoms with Gasteiger partial charge in [-0.05, 0) is 81.6 Å². The number of carboxylic acids is 2. The second kappa shape index (κ2) is 25.9. The summed E-state index contributed by atoms with van der Waals surface area (Å²) in [6.45, 7) is 20.7. The minimum absolute atomic E-state index is 0.106. The molecular formula is C49H64O13. The van der Waals surface area contributed by atoms with Crippen molar-refractivity contribution in [2.24, 2.45) is 11.3 Å². The molecule has 5 N–H and O–H groups in total. The number of carboxylic acid groups (broad SMARTS) is 2. The number of ether oxygens (including phenoxy) is 2. The van der Waals surface area contributed by atoms with Gasteiger partial charge in [0.1, 0.15) is 0 Å². The minimum atomic E-state index is -2.37. The van der Waals surface area contributed by atoms with Crippen LogP contribution in [0, 0.1) is 11.3 Å². The predicted molar refractivity (Wildman–Crippen MR) is 237 cm³/mol. The van der Waals surface area contributed by atoms with Gasteiger partial charge in [-0.25, -0.2) is 14.4 Å². The van der Waals surface area contributed by atoms with Gasteiger partial charge in [-0.2, -0.15) is 0 Å². The molecule has 0 bridgehead atoms. The van der Waals surface area contributed by atoms with Crippen molar-refractivity contribution in [3.8, 4) is 0 Å². The largest absolute Gasteiger partial charge is 0.481 e. The summed E-state index contributed by atoms with van der Waals surface area (Å²) in [6, 6.07) is 0. The van der Waals surface area contributed by atoms with Crippen LogP contribution in [0.5, 0.6) is 0 Å². The van der Waals surface area contributed by atoms with E-state index in [9.17, 15) is 44.1 Å². The van der Waals surface area contributed by atoms with Crippen LogP contribution in [0.3, 0.4) is 0 Å². The Kier molecular flexibility index (Phi) is 22.7. The van der Waals surface area contributed by atoms with Crippen LogP contribution >= 0.6 is 0 Å². The van der Waals surface area contributed by atoms with Gasteiger partial charge in [-0.15, -0.1) is 0 Å². The number of aliphatic hydroxyl groups is 3. The average Bonchev–Trinajstić information content (AvgIpc) is 3.19. The second-order valence-corrected chi connectivity index (χ2v) is 15.7. The van der Waals surface area contributed by atoms with Gasteiger partial charge in [-0.1, -0.05) is 142 Å². The summed E-state index contributed by atoms with van der Waals surface area (Å²) >= 11 is 0. The van der Waals surface area contributed by atoms with E-state index in [1.165, 1.54) is 0 Å². The van der Waals surface area contributed by atoms with Gasteiger partial charge < -0.3 is 35.0 Å². The number of aliphatic hydroxyl groups excluding tert-OH is 3. The molecule has 2 rings (SSSR count). The van der Waals surface area contributed by atoms with Gasteiger partial charge in [0.05, 0.1) is 6.42 Å². The standard InChI is InChI=1S/C47H58O13.C2H6/c1-27(16-12-18-29(3)20-22-34-31(5)24-37(40(51)32(34)6)59-45(57)36(48)25-39(49)50)14-10-11-15-28(2)17-13-19-30(4)21-23-35-33(7)41(52)38(26-47(35,8)9)60-46(58)43(54)42(53)44(55)56;1-2/h10-23,31,36-38,42-43,48,53-54H,24-26H2,1-9H3,(H,49,50)(H,55,56);1-2H3/b11-10+,16-12+,17-13+,22-20+,23-21+,27-14+,28-15+,29-18+,30-19+;. The fourth-order valence-corrected chi connectivity index (χ4v) is 6.41. The van der Waals surface area contributed by atoms with Crippen LogP contribution < -0.4 is 0 Å². The molecule has 0 saturated carbocycles. The third kappa shape index (κ3) is 17.3. The van der Waals surface area contributed by atoms with E-state index in [0.29, 0.717) is 11.1 Å². The molecule has 0 aromatic rings. The normalized spacial score (nSPS) is 22.1. The van der Waals surface area contributed by atoms with Crippen LogP contribution in [0.25, 0.3) is 0 Å². The van der Waals surface area contributed by atoms with Crippen molar-refractivity contribution in [1.29, 1.82) is 0 Å². The Bertz CT molecular complexity index is 2020. The quantitative estimate of drug-likeness (QED) is 0.0676. The Balaban J connectivity index is 0.00000946. The number of aliphatic carboxylic acids is 2. The highest BCUT2D eigenvalue weighted by Crippen LogP contribution is 2.41. The molecule has 0 spiro atoms. The summed E-state index contributed by atoms with van der Waals surface area (Å²) in [6.07, 6.45) is 17.6. The molecule has 338 valence electrons. The molecule has 2 aliphatic rings. The Morgan fingerprint density at radius 1 is 0.677 bits per heavy atom. The molecule has 0 radical (unpaired) electrons. The van der Waals surface area contributed by atoms with Crippen molar-refractivity contribution in [2.45, 2.75) is 126 Å². The fourth-order valence-electron chi connectivity index (χ4n) is 6.41. The predicted octanol–water partition coefficient (Wildman–Crippen LogP) is 7.29. The Hall–Kier alpha value is -5.76. The summed E-state index contributed by atoms with van der Waals surface area (Å²) in [5, 5.41) is 46.6. The number of carbonyl (C=O) groups excluding carboxylic acids is 4. The van der Waals surface area contributed by atoms with Crippen molar-refractivity contribution in [3.05, 3.63) is 130 Å². The van der Waals surface area contributed by atoms with E-state index >= 15 is 0 Å². The van der Waals surface area contributed by atoms with Crippen LogP contribution in [-0.4, -0.2) is 91.5 Å². The van der Waals surface area contributed by atoms with Gasteiger partial charge in [0, 0.05) is 6.42 Å². The van der Waals surface area contributed by atoms with Gasteiger partial charge >= 0.3 is 23.9 Å². The zero-order valence-corrected chi connectivity index (χ0v) is 37.7. The van der Waals surface area contributed by atoms with Gasteiger partial charge in [0.25, 0.3) is 0 Å². The van der Waals surface area contributed by atoms with Crippen molar-refractivity contribution in [3.63, 3.8) is 0 Å². The molecule has 6 unspecified atom stereocenters. The minimum Gasteiger partial charge on any atom is -0.481 e. The highest BCUT2D eigenvalue weighted by Gasteiger charge is 2.42. The van der Waals surface area contributed by atoms with Crippen LogP contribution in [0.15, 0.2) is 130 Å². The molecule has 0 saturated heterocycles. The van der Waals surface area contributed by atoms with E-state index < -0.39 is 72.0 Å². The monoisotopic (exact) mass is 860 g/mol. The third-order valence-corrected chi connectivity index (χ3v) is 9.94. The van der Waals surface area contributed by atoms with Crippen LogP contribution in [0.1, 0.15) is 95.4 Å². The maximum Gasteiger partial charge on any atom is 0.339 e. The number of Topliss-reactive ketones (excluding diaryl/α,β-unsaturated/α-hetero) is 2. The molecule has 0 aromatic heterocycles. The molecule has 0 heterocycles. The smallest absolute Gasteiger partial charge is 0.339 e. The fraction of sp³-hybridized carbons (Fsp3) is 0.429. The van der Waals surface area contributed by atoms with Crippen LogP contribution in [-0.2, 0) is 38.2 Å². The summed E-state index contributed by atoms with van der Waals surface area (Å²) in [5.41, 5.74) is 5.68. The van der Waals surface area contributed by atoms with Crippen molar-refractivity contribution in [2.75, 3.05) is 0 Å². The van der Waals surface area contributed by atoms with E-state index in [1.807, 2.05) is 147 Å². The van der Waals surface area contributed by atoms with Gasteiger partial charge in [-0.3, -0.25) is 14.4 Å². The van der Waals surface area contributed by atoms with E-state index in [-0.39, 0.29) is 24.5 Å². The maximum absolute atomic E-state index is 13.0. The maximum atomic E-state index is 13.0. The van der Waals surface area contributed by atoms with Crippen molar-refractivity contribution in [1.82, 2.24) is 0 Å². The lowest BCUT2D eigenvalue weighted by Gasteiger charge is -2.36. The van der Waals surface area contributed by atoms with Gasteiger partial charge in [0.2, 0.25) is 0 Å².